The van der Waals surface area contributed by atoms with Crippen molar-refractivity contribution in [2.45, 2.75) is 13.8 Å². The van der Waals surface area contributed by atoms with Crippen molar-refractivity contribution in [3.63, 3.8) is 0 Å². The Hall–Kier alpha value is -1.92. The fraction of sp³-hybridized carbons (Fsp3) is 0.308. The summed E-state index contributed by atoms with van der Waals surface area (Å²) in [6, 6.07) is 5.34. The summed E-state index contributed by atoms with van der Waals surface area (Å²) in [5, 5.41) is 8.84. The number of aromatic nitrogens is 2. The van der Waals surface area contributed by atoms with Gasteiger partial charge in [-0.2, -0.15) is 5.26 Å². The van der Waals surface area contributed by atoms with E-state index in [9.17, 15) is 4.79 Å². The second-order valence-electron chi connectivity index (χ2n) is 3.89. The van der Waals surface area contributed by atoms with Crippen LogP contribution < -0.4 is 9.95 Å². The van der Waals surface area contributed by atoms with Crippen molar-refractivity contribution in [3.05, 3.63) is 34.1 Å². The molecule has 19 heavy (non-hydrogen) atoms. The van der Waals surface area contributed by atoms with Crippen molar-refractivity contribution in [1.29, 1.82) is 5.26 Å². The number of hydrogen-bond acceptors (Lipinski definition) is 4. The number of nitriles is 1. The molecule has 0 saturated carbocycles. The molecular weight excluding hydrogens is 261 g/mol. The second kappa shape index (κ2) is 5.81. The lowest BCUT2D eigenvalue weighted by molar-refractivity contribution is 0.590. The molecule has 0 bridgehead atoms. The molecule has 6 heteroatoms. The van der Waals surface area contributed by atoms with Crippen LogP contribution >= 0.6 is 8.15 Å². The van der Waals surface area contributed by atoms with Crippen LogP contribution in [0.1, 0.15) is 19.4 Å². The Kier molecular flexibility index (Phi) is 4.13. The van der Waals surface area contributed by atoms with E-state index in [1.165, 1.54) is 6.20 Å². The number of hydrogen-bond donors (Lipinski definition) is 1. The molecule has 1 N–H and O–H groups in total. The number of fused-ring (bicyclic) bond motifs is 1. The molecule has 0 aliphatic heterocycles. The highest BCUT2D eigenvalue weighted by atomic mass is 31.1. The van der Waals surface area contributed by atoms with E-state index in [1.807, 2.05) is 6.07 Å². The van der Waals surface area contributed by atoms with Gasteiger partial charge in [0, 0.05) is 24.6 Å². The molecule has 0 fully saturated rings. The van der Waals surface area contributed by atoms with Gasteiger partial charge < -0.3 is 9.51 Å². The SMILES string of the molecule is CCP(CC)Oc1ccc2[nH]cc(C#N)c(=O)c2n1. The van der Waals surface area contributed by atoms with Gasteiger partial charge >= 0.3 is 0 Å². The van der Waals surface area contributed by atoms with Gasteiger partial charge in [-0.15, -0.1) is 0 Å². The van der Waals surface area contributed by atoms with E-state index in [1.54, 1.807) is 12.1 Å². The van der Waals surface area contributed by atoms with Gasteiger partial charge in [0.15, 0.2) is 0 Å². The number of nitrogens with one attached hydrogen (secondary N) is 1. The first-order valence-corrected chi connectivity index (χ1v) is 7.68. The Morgan fingerprint density at radius 2 is 2.16 bits per heavy atom. The smallest absolute Gasteiger partial charge is 0.225 e. The lowest BCUT2D eigenvalue weighted by Crippen LogP contribution is -2.09. The van der Waals surface area contributed by atoms with Crippen LogP contribution in [0.2, 0.25) is 0 Å². The molecule has 0 aliphatic rings. The Morgan fingerprint density at radius 3 is 2.79 bits per heavy atom. The topological polar surface area (TPSA) is 78.8 Å². The van der Waals surface area contributed by atoms with E-state index in [2.05, 4.69) is 23.8 Å². The van der Waals surface area contributed by atoms with E-state index in [4.69, 9.17) is 9.79 Å². The molecule has 98 valence electrons. The maximum absolute atomic E-state index is 12.0. The van der Waals surface area contributed by atoms with Crippen LogP contribution in [0.3, 0.4) is 0 Å². The molecule has 0 amide bonds. The molecule has 2 heterocycles. The zero-order valence-electron chi connectivity index (χ0n) is 10.8. The summed E-state index contributed by atoms with van der Waals surface area (Å²) in [4.78, 5) is 19.1. The Morgan fingerprint density at radius 1 is 1.42 bits per heavy atom. The summed E-state index contributed by atoms with van der Waals surface area (Å²) >= 11 is 0. The molecule has 0 aliphatic carbocycles. The third kappa shape index (κ3) is 2.74. The molecule has 2 aromatic rings. The van der Waals surface area contributed by atoms with E-state index in [-0.39, 0.29) is 16.5 Å². The van der Waals surface area contributed by atoms with Crippen molar-refractivity contribution >= 4 is 19.2 Å². The summed E-state index contributed by atoms with van der Waals surface area (Å²) in [5.74, 6) is 0.447. The number of pyridine rings is 2. The van der Waals surface area contributed by atoms with Crippen molar-refractivity contribution < 1.29 is 4.52 Å². The third-order valence-corrected chi connectivity index (χ3v) is 4.61. The van der Waals surface area contributed by atoms with Crippen LogP contribution in [0.25, 0.3) is 11.0 Å². The first-order valence-electron chi connectivity index (χ1n) is 6.05. The molecule has 0 aromatic carbocycles. The molecule has 2 rings (SSSR count). The zero-order chi connectivity index (χ0) is 13.8. The third-order valence-electron chi connectivity index (χ3n) is 2.75. The van der Waals surface area contributed by atoms with Gasteiger partial charge in [0.2, 0.25) is 11.3 Å². The van der Waals surface area contributed by atoms with Crippen molar-refractivity contribution in [2.75, 3.05) is 12.3 Å². The van der Waals surface area contributed by atoms with Crippen LogP contribution in [-0.4, -0.2) is 22.3 Å². The Balaban J connectivity index is 2.47. The summed E-state index contributed by atoms with van der Waals surface area (Å²) < 4.78 is 5.77. The van der Waals surface area contributed by atoms with Crippen LogP contribution in [0.4, 0.5) is 0 Å². The van der Waals surface area contributed by atoms with Gasteiger partial charge in [0.1, 0.15) is 17.1 Å². The summed E-state index contributed by atoms with van der Waals surface area (Å²) in [6.07, 6.45) is 3.29. The molecule has 0 atom stereocenters. The molecule has 0 radical (unpaired) electrons. The van der Waals surface area contributed by atoms with Gasteiger partial charge in [-0.05, 0) is 6.07 Å². The predicted octanol–water partition coefficient (Wildman–Crippen LogP) is 2.61. The molecule has 0 unspecified atom stereocenters. The van der Waals surface area contributed by atoms with Crippen LogP contribution in [0.5, 0.6) is 5.88 Å². The Bertz CT molecular complexity index is 686. The standard InChI is InChI=1S/C13H14N3O2P/c1-3-19(4-2)18-11-6-5-10-12(16-11)13(17)9(7-14)8-15-10/h5-6,8H,3-4H2,1-2H3,(H,15,17). The van der Waals surface area contributed by atoms with E-state index in [0.717, 1.165) is 12.3 Å². The summed E-state index contributed by atoms with van der Waals surface area (Å²) in [7, 11) is -0.549. The lowest BCUT2D eigenvalue weighted by Gasteiger charge is -2.14. The first kappa shape index (κ1) is 13.5. The minimum Gasteiger partial charge on any atom is -0.457 e. The zero-order valence-corrected chi connectivity index (χ0v) is 11.7. The maximum atomic E-state index is 12.0. The summed E-state index contributed by atoms with van der Waals surface area (Å²) in [6.45, 7) is 4.13. The van der Waals surface area contributed by atoms with E-state index >= 15 is 0 Å². The molecule has 0 spiro atoms. The van der Waals surface area contributed by atoms with Crippen molar-refractivity contribution in [2.24, 2.45) is 0 Å². The minimum absolute atomic E-state index is 0.0606. The number of H-pyrrole nitrogens is 1. The van der Waals surface area contributed by atoms with E-state index in [0.29, 0.717) is 11.4 Å². The minimum atomic E-state index is -0.549. The quantitative estimate of drug-likeness (QED) is 0.870. The maximum Gasteiger partial charge on any atom is 0.225 e. The normalized spacial score (nSPS) is 10.6. The predicted molar refractivity (Wildman–Crippen MR) is 75.7 cm³/mol. The van der Waals surface area contributed by atoms with Crippen LogP contribution in [0, 0.1) is 11.3 Å². The molecule has 5 nitrogen and oxygen atoms in total. The van der Waals surface area contributed by atoms with Gasteiger partial charge in [0.25, 0.3) is 0 Å². The van der Waals surface area contributed by atoms with E-state index < -0.39 is 8.15 Å². The highest BCUT2D eigenvalue weighted by Crippen LogP contribution is 2.36. The lowest BCUT2D eigenvalue weighted by atomic mass is 10.2. The molecule has 2 aromatic heterocycles. The average molecular weight is 275 g/mol. The monoisotopic (exact) mass is 275 g/mol. The van der Waals surface area contributed by atoms with Gasteiger partial charge in [0.05, 0.1) is 13.7 Å². The highest BCUT2D eigenvalue weighted by molar-refractivity contribution is 7.52. The number of nitrogens with zero attached hydrogens (tertiary/aromatic N) is 2. The second-order valence-corrected chi connectivity index (χ2v) is 6.31. The number of rotatable bonds is 4. The highest BCUT2D eigenvalue weighted by Gasteiger charge is 2.10. The Labute approximate surface area is 112 Å². The first-order chi connectivity index (χ1) is 9.19. The van der Waals surface area contributed by atoms with Gasteiger partial charge in [-0.3, -0.25) is 4.79 Å². The van der Waals surface area contributed by atoms with Gasteiger partial charge in [-0.1, -0.05) is 13.8 Å². The van der Waals surface area contributed by atoms with Gasteiger partial charge in [-0.25, -0.2) is 4.98 Å². The summed E-state index contributed by atoms with van der Waals surface area (Å²) in [5.41, 5.74) is 0.553. The van der Waals surface area contributed by atoms with Crippen molar-refractivity contribution in [3.8, 4) is 11.9 Å². The largest absolute Gasteiger partial charge is 0.457 e. The van der Waals surface area contributed by atoms with Crippen LogP contribution in [-0.2, 0) is 0 Å². The molecular formula is C13H14N3O2P. The number of aromatic amines is 1. The fourth-order valence-electron chi connectivity index (χ4n) is 1.69. The van der Waals surface area contributed by atoms with Crippen molar-refractivity contribution in [1.82, 2.24) is 9.97 Å². The average Bonchev–Trinajstić information content (AvgIpc) is 2.45. The molecule has 0 saturated heterocycles. The van der Waals surface area contributed by atoms with Crippen LogP contribution in [0.15, 0.2) is 23.1 Å². The fourth-order valence-corrected chi connectivity index (χ4v) is 2.76.